The van der Waals surface area contributed by atoms with Crippen molar-refractivity contribution in [1.29, 1.82) is 0 Å². The van der Waals surface area contributed by atoms with Gasteiger partial charge in [0.1, 0.15) is 18.0 Å². The maximum absolute atomic E-state index is 12.3. The standard InChI is InChI=1S/C27H24N2O6/c1-2-34-27-22-15-20(12-13-21(22)25(32)24(29-27)26(33)28-16-23(30)31)35-19-10-8-18(9-11-19)14-17-6-4-3-5-7-17/h3-13,15,32H,2,14,16H2,1H3,(H,28,33)(H,30,31). The number of carbonyl (C=O) groups excluding carboxylic acids is 1. The summed E-state index contributed by atoms with van der Waals surface area (Å²) in [5, 5.41) is 22.4. The van der Waals surface area contributed by atoms with Crippen molar-refractivity contribution >= 4 is 22.6 Å². The maximum Gasteiger partial charge on any atom is 0.322 e. The Morgan fingerprint density at radius 3 is 2.29 bits per heavy atom. The van der Waals surface area contributed by atoms with E-state index in [2.05, 4.69) is 22.4 Å². The molecule has 0 bridgehead atoms. The van der Waals surface area contributed by atoms with Crippen molar-refractivity contribution < 1.29 is 29.3 Å². The van der Waals surface area contributed by atoms with E-state index < -0.39 is 18.4 Å². The summed E-state index contributed by atoms with van der Waals surface area (Å²) in [7, 11) is 0. The number of ether oxygens (including phenoxy) is 2. The zero-order chi connectivity index (χ0) is 24.8. The molecule has 0 saturated carbocycles. The highest BCUT2D eigenvalue weighted by molar-refractivity contribution is 6.04. The second kappa shape index (κ2) is 10.6. The van der Waals surface area contributed by atoms with E-state index in [-0.39, 0.29) is 23.9 Å². The minimum Gasteiger partial charge on any atom is -0.505 e. The summed E-state index contributed by atoms with van der Waals surface area (Å²) in [5.74, 6) is -1.13. The molecule has 1 aromatic heterocycles. The summed E-state index contributed by atoms with van der Waals surface area (Å²) in [6, 6.07) is 22.9. The monoisotopic (exact) mass is 472 g/mol. The van der Waals surface area contributed by atoms with Crippen LogP contribution in [0, 0.1) is 0 Å². The minimum atomic E-state index is -1.21. The Morgan fingerprint density at radius 1 is 0.914 bits per heavy atom. The van der Waals surface area contributed by atoms with E-state index >= 15 is 0 Å². The molecule has 0 spiro atoms. The van der Waals surface area contributed by atoms with Crippen LogP contribution >= 0.6 is 0 Å². The van der Waals surface area contributed by atoms with Crippen molar-refractivity contribution in [2.24, 2.45) is 0 Å². The van der Waals surface area contributed by atoms with E-state index in [1.54, 1.807) is 25.1 Å². The Morgan fingerprint density at radius 2 is 1.60 bits per heavy atom. The third-order valence-electron chi connectivity index (χ3n) is 5.22. The molecule has 0 fully saturated rings. The van der Waals surface area contributed by atoms with Crippen LogP contribution in [0.3, 0.4) is 0 Å². The number of carboxylic acids is 1. The number of benzene rings is 3. The smallest absolute Gasteiger partial charge is 0.322 e. The SMILES string of the molecule is CCOc1nc(C(=O)NCC(=O)O)c(O)c2ccc(Oc3ccc(Cc4ccccc4)cc3)cc12. The van der Waals surface area contributed by atoms with Gasteiger partial charge in [-0.05, 0) is 54.8 Å². The fourth-order valence-corrected chi connectivity index (χ4v) is 3.60. The molecule has 3 aromatic carbocycles. The lowest BCUT2D eigenvalue weighted by Gasteiger charge is -2.13. The first-order chi connectivity index (χ1) is 16.9. The molecular formula is C27H24N2O6. The highest BCUT2D eigenvalue weighted by Crippen LogP contribution is 2.37. The van der Waals surface area contributed by atoms with E-state index in [0.29, 0.717) is 22.3 Å². The molecule has 178 valence electrons. The van der Waals surface area contributed by atoms with E-state index in [0.717, 1.165) is 12.0 Å². The molecule has 1 heterocycles. The number of nitrogens with one attached hydrogen (secondary N) is 1. The van der Waals surface area contributed by atoms with Crippen molar-refractivity contribution in [3.63, 3.8) is 0 Å². The number of hydrogen-bond donors (Lipinski definition) is 3. The number of amides is 1. The van der Waals surface area contributed by atoms with Crippen molar-refractivity contribution in [3.05, 3.63) is 89.6 Å². The third kappa shape index (κ3) is 5.67. The Kier molecular flexibility index (Phi) is 7.11. The Labute approximate surface area is 201 Å². The predicted octanol–water partition coefficient (Wildman–Crippen LogP) is 4.54. The summed E-state index contributed by atoms with van der Waals surface area (Å²) >= 11 is 0. The van der Waals surface area contributed by atoms with Gasteiger partial charge in [-0.15, -0.1) is 0 Å². The van der Waals surface area contributed by atoms with E-state index in [1.807, 2.05) is 42.5 Å². The average molecular weight is 472 g/mol. The molecule has 1 amide bonds. The van der Waals surface area contributed by atoms with Gasteiger partial charge >= 0.3 is 5.97 Å². The molecule has 0 aliphatic carbocycles. The van der Waals surface area contributed by atoms with E-state index in [9.17, 15) is 14.7 Å². The molecule has 3 N–H and O–H groups in total. The van der Waals surface area contributed by atoms with E-state index in [4.69, 9.17) is 14.6 Å². The average Bonchev–Trinajstić information content (AvgIpc) is 2.86. The highest BCUT2D eigenvalue weighted by Gasteiger charge is 2.21. The Balaban J connectivity index is 1.58. The molecule has 4 aromatic rings. The molecule has 35 heavy (non-hydrogen) atoms. The van der Waals surface area contributed by atoms with Gasteiger partial charge in [0.2, 0.25) is 5.88 Å². The molecule has 0 unspecified atom stereocenters. The predicted molar refractivity (Wildman–Crippen MR) is 130 cm³/mol. The van der Waals surface area contributed by atoms with Crippen LogP contribution in [0.25, 0.3) is 10.8 Å². The van der Waals surface area contributed by atoms with Crippen LogP contribution in [0.5, 0.6) is 23.1 Å². The fraction of sp³-hybridized carbons (Fsp3) is 0.148. The van der Waals surface area contributed by atoms with Gasteiger partial charge in [0, 0.05) is 5.39 Å². The number of pyridine rings is 1. The second-order valence-corrected chi connectivity index (χ2v) is 7.74. The van der Waals surface area contributed by atoms with Gasteiger partial charge in [-0.1, -0.05) is 42.5 Å². The first-order valence-corrected chi connectivity index (χ1v) is 11.0. The lowest BCUT2D eigenvalue weighted by molar-refractivity contribution is -0.135. The van der Waals surface area contributed by atoms with Crippen molar-refractivity contribution in [1.82, 2.24) is 10.3 Å². The number of aromatic nitrogens is 1. The molecular weight excluding hydrogens is 448 g/mol. The number of aromatic hydroxyl groups is 1. The van der Waals surface area contributed by atoms with Crippen LogP contribution in [0.4, 0.5) is 0 Å². The van der Waals surface area contributed by atoms with Crippen LogP contribution in [0.2, 0.25) is 0 Å². The number of aliphatic carboxylic acids is 1. The lowest BCUT2D eigenvalue weighted by atomic mass is 10.1. The van der Waals surface area contributed by atoms with Crippen LogP contribution < -0.4 is 14.8 Å². The zero-order valence-corrected chi connectivity index (χ0v) is 19.0. The number of fused-ring (bicyclic) bond motifs is 1. The molecule has 4 rings (SSSR count). The number of carboxylic acid groups (broad SMARTS) is 1. The van der Waals surface area contributed by atoms with Gasteiger partial charge in [-0.2, -0.15) is 0 Å². The Hall–Kier alpha value is -4.59. The van der Waals surface area contributed by atoms with Gasteiger partial charge in [0.25, 0.3) is 5.91 Å². The third-order valence-corrected chi connectivity index (χ3v) is 5.22. The summed E-state index contributed by atoms with van der Waals surface area (Å²) in [6.45, 7) is 1.44. The summed E-state index contributed by atoms with van der Waals surface area (Å²) in [5.41, 5.74) is 2.07. The maximum atomic E-state index is 12.3. The van der Waals surface area contributed by atoms with Gasteiger partial charge in [0.15, 0.2) is 11.4 Å². The molecule has 8 nitrogen and oxygen atoms in total. The number of nitrogens with zero attached hydrogens (tertiary/aromatic N) is 1. The quantitative estimate of drug-likeness (QED) is 0.327. The normalized spacial score (nSPS) is 10.7. The molecule has 0 aliphatic rings. The molecule has 0 atom stereocenters. The second-order valence-electron chi connectivity index (χ2n) is 7.74. The molecule has 0 radical (unpaired) electrons. The minimum absolute atomic E-state index is 0.129. The first-order valence-electron chi connectivity index (χ1n) is 11.0. The topological polar surface area (TPSA) is 118 Å². The van der Waals surface area contributed by atoms with Gasteiger partial charge in [-0.25, -0.2) is 4.98 Å². The van der Waals surface area contributed by atoms with Gasteiger partial charge in [-0.3, -0.25) is 9.59 Å². The van der Waals surface area contributed by atoms with Crippen LogP contribution in [0.1, 0.15) is 28.5 Å². The van der Waals surface area contributed by atoms with Crippen LogP contribution in [-0.2, 0) is 11.2 Å². The van der Waals surface area contributed by atoms with E-state index in [1.165, 1.54) is 5.56 Å². The zero-order valence-electron chi connectivity index (χ0n) is 19.0. The largest absolute Gasteiger partial charge is 0.505 e. The number of rotatable bonds is 9. The lowest BCUT2D eigenvalue weighted by Crippen LogP contribution is -2.30. The summed E-state index contributed by atoms with van der Waals surface area (Å²) in [6.07, 6.45) is 0.822. The van der Waals surface area contributed by atoms with Gasteiger partial charge in [0.05, 0.1) is 12.0 Å². The van der Waals surface area contributed by atoms with Crippen LogP contribution in [-0.4, -0.2) is 40.2 Å². The molecule has 8 heteroatoms. The van der Waals surface area contributed by atoms with Crippen molar-refractivity contribution in [2.75, 3.05) is 13.2 Å². The molecule has 0 aliphatic heterocycles. The number of carbonyl (C=O) groups is 2. The highest BCUT2D eigenvalue weighted by atomic mass is 16.5. The van der Waals surface area contributed by atoms with Crippen molar-refractivity contribution in [2.45, 2.75) is 13.3 Å². The van der Waals surface area contributed by atoms with Gasteiger partial charge < -0.3 is 25.0 Å². The fourth-order valence-electron chi connectivity index (χ4n) is 3.60. The number of hydrogen-bond acceptors (Lipinski definition) is 6. The molecule has 0 saturated heterocycles. The van der Waals surface area contributed by atoms with Crippen molar-refractivity contribution in [3.8, 4) is 23.1 Å². The Bertz CT molecular complexity index is 1350. The summed E-state index contributed by atoms with van der Waals surface area (Å²) in [4.78, 5) is 27.2. The first kappa shape index (κ1) is 23.6. The van der Waals surface area contributed by atoms with Crippen LogP contribution in [0.15, 0.2) is 72.8 Å². The summed E-state index contributed by atoms with van der Waals surface area (Å²) < 4.78 is 11.6.